The lowest BCUT2D eigenvalue weighted by molar-refractivity contribution is -0.192. The molecule has 0 amide bonds. The fourth-order valence-electron chi connectivity index (χ4n) is 6.57. The highest BCUT2D eigenvalue weighted by Crippen LogP contribution is 2.51. The van der Waals surface area contributed by atoms with Crippen molar-refractivity contribution in [3.8, 4) is 11.5 Å². The second kappa shape index (κ2) is 7.96. The van der Waals surface area contributed by atoms with Gasteiger partial charge in [0.25, 0.3) is 5.56 Å². The topological polar surface area (TPSA) is 108 Å². The minimum absolute atomic E-state index is 0.00415. The Balaban J connectivity index is 1.06. The third kappa shape index (κ3) is 3.65. The Hall–Kier alpha value is -3.08. The van der Waals surface area contributed by atoms with E-state index >= 15 is 4.39 Å². The summed E-state index contributed by atoms with van der Waals surface area (Å²) in [6.45, 7) is 3.55. The largest absolute Gasteiger partial charge is 0.486 e. The number of fused-ring (bicyclic) bond motifs is 4. The molecule has 194 valence electrons. The fourth-order valence-corrected chi connectivity index (χ4v) is 6.57. The molecule has 0 radical (unpaired) electrons. The van der Waals surface area contributed by atoms with Crippen molar-refractivity contribution >= 4 is 11.0 Å². The zero-order chi connectivity index (χ0) is 25.4. The van der Waals surface area contributed by atoms with Gasteiger partial charge in [0.2, 0.25) is 0 Å². The lowest BCUT2D eigenvalue weighted by atomic mass is 9.67. The van der Waals surface area contributed by atoms with Crippen LogP contribution in [0.4, 0.5) is 4.39 Å². The van der Waals surface area contributed by atoms with Crippen LogP contribution in [-0.2, 0) is 23.4 Å². The average Bonchev–Trinajstić information content (AvgIpc) is 3.22. The van der Waals surface area contributed by atoms with Crippen molar-refractivity contribution in [1.82, 2.24) is 19.9 Å². The van der Waals surface area contributed by atoms with Crippen molar-refractivity contribution in [1.29, 1.82) is 0 Å². The molecule has 3 aromatic rings. The highest BCUT2D eigenvalue weighted by Gasteiger charge is 2.55. The van der Waals surface area contributed by atoms with E-state index in [-0.39, 0.29) is 35.7 Å². The van der Waals surface area contributed by atoms with Crippen molar-refractivity contribution in [3.05, 3.63) is 58.0 Å². The van der Waals surface area contributed by atoms with Crippen molar-refractivity contribution < 1.29 is 23.7 Å². The average molecular weight is 509 g/mol. The number of rotatable bonds is 5. The van der Waals surface area contributed by atoms with E-state index in [1.807, 2.05) is 13.0 Å². The minimum Gasteiger partial charge on any atom is -0.486 e. The number of pyridine rings is 3. The maximum Gasteiger partial charge on any atom is 0.251 e. The maximum absolute atomic E-state index is 15.0. The van der Waals surface area contributed by atoms with E-state index in [0.29, 0.717) is 42.3 Å². The summed E-state index contributed by atoms with van der Waals surface area (Å²) in [5.41, 5.74) is -0.638. The van der Waals surface area contributed by atoms with E-state index in [1.54, 1.807) is 12.3 Å². The van der Waals surface area contributed by atoms with Gasteiger partial charge in [0, 0.05) is 36.2 Å². The summed E-state index contributed by atoms with van der Waals surface area (Å²) in [5, 5.41) is 15.4. The lowest BCUT2D eigenvalue weighted by Gasteiger charge is -2.55. The Morgan fingerprint density at radius 2 is 2.03 bits per heavy atom. The van der Waals surface area contributed by atoms with Gasteiger partial charge in [-0.3, -0.25) is 14.8 Å². The Bertz CT molecular complexity index is 1450. The first-order valence-corrected chi connectivity index (χ1v) is 12.9. The third-order valence-corrected chi connectivity index (χ3v) is 8.56. The molecule has 7 heterocycles. The first-order valence-electron chi connectivity index (χ1n) is 12.9. The SMILES string of the molecule is CC1COc2cc(CNC34CCC(C[C@]5(O)Cn6c(=O)ccc7ncc(F)c5c76)(CC3)OC4)ncc2O1. The number of hydrogen-bond donors (Lipinski definition) is 2. The summed E-state index contributed by atoms with van der Waals surface area (Å²) in [6.07, 6.45) is 6.28. The molecule has 37 heavy (non-hydrogen) atoms. The van der Waals surface area contributed by atoms with E-state index in [0.717, 1.165) is 37.6 Å². The zero-order valence-corrected chi connectivity index (χ0v) is 20.6. The minimum atomic E-state index is -1.53. The van der Waals surface area contributed by atoms with Gasteiger partial charge in [-0.15, -0.1) is 0 Å². The van der Waals surface area contributed by atoms with E-state index < -0.39 is 17.0 Å². The standard InChI is InChI=1S/C27H29FN4O5/c1-16-12-35-20-8-17(29-11-21(20)37-16)9-31-25-4-6-26(7-5-25,36-15-25)13-27(34)14-32-22(33)3-2-19-24(32)23(27)18(28)10-30-19/h2-3,8,10-11,16,31,34H,4-7,9,12-15H2,1H3/t16?,25?,26?,27-/m0/s1. The zero-order valence-electron chi connectivity index (χ0n) is 20.6. The molecule has 8 rings (SSSR count). The first kappa shape index (κ1) is 23.1. The molecule has 0 aromatic carbocycles. The van der Waals surface area contributed by atoms with Crippen LogP contribution in [-0.4, -0.2) is 50.1 Å². The third-order valence-electron chi connectivity index (χ3n) is 8.56. The molecule has 2 saturated heterocycles. The fraction of sp³-hybridized carbons (Fsp3) is 0.519. The Labute approximate surface area is 212 Å². The van der Waals surface area contributed by atoms with Gasteiger partial charge >= 0.3 is 0 Å². The van der Waals surface area contributed by atoms with E-state index in [9.17, 15) is 9.90 Å². The second-order valence-electron chi connectivity index (χ2n) is 11.1. The molecule has 1 saturated carbocycles. The van der Waals surface area contributed by atoms with Gasteiger partial charge in [-0.25, -0.2) is 4.39 Å². The predicted octanol–water partition coefficient (Wildman–Crippen LogP) is 2.55. The molecule has 5 aliphatic rings. The monoisotopic (exact) mass is 508 g/mol. The smallest absolute Gasteiger partial charge is 0.251 e. The summed E-state index contributed by atoms with van der Waals surface area (Å²) in [4.78, 5) is 21.2. The number of nitrogens with one attached hydrogen (secondary N) is 1. The van der Waals surface area contributed by atoms with Crippen LogP contribution in [0.25, 0.3) is 11.0 Å². The van der Waals surface area contributed by atoms with Crippen LogP contribution in [0, 0.1) is 5.82 Å². The maximum atomic E-state index is 15.0. The molecular formula is C27H29FN4O5. The van der Waals surface area contributed by atoms with Gasteiger partial charge in [0.1, 0.15) is 24.1 Å². The van der Waals surface area contributed by atoms with Gasteiger partial charge in [-0.05, 0) is 38.7 Å². The molecular weight excluding hydrogens is 479 g/mol. The van der Waals surface area contributed by atoms with E-state index in [2.05, 4.69) is 15.3 Å². The number of aromatic nitrogens is 3. The van der Waals surface area contributed by atoms with Gasteiger partial charge < -0.3 is 29.2 Å². The summed E-state index contributed by atoms with van der Waals surface area (Å²) in [5.74, 6) is 0.792. The molecule has 1 aliphatic carbocycles. The number of nitrogens with zero attached hydrogens (tertiary/aromatic N) is 3. The summed E-state index contributed by atoms with van der Waals surface area (Å²) in [7, 11) is 0. The van der Waals surface area contributed by atoms with Crippen molar-refractivity contribution in [2.45, 2.75) is 75.0 Å². The molecule has 4 aliphatic heterocycles. The number of ether oxygens (including phenoxy) is 3. The van der Waals surface area contributed by atoms with Gasteiger partial charge in [-0.1, -0.05) is 0 Å². The van der Waals surface area contributed by atoms with Crippen LogP contribution in [0.1, 0.15) is 50.3 Å². The molecule has 3 fully saturated rings. The lowest BCUT2D eigenvalue weighted by Crippen LogP contribution is -2.62. The van der Waals surface area contributed by atoms with Crippen LogP contribution in [0.2, 0.25) is 0 Å². The highest BCUT2D eigenvalue weighted by molar-refractivity contribution is 5.81. The molecule has 1 unspecified atom stereocenters. The number of aliphatic hydroxyl groups is 1. The number of hydrogen-bond acceptors (Lipinski definition) is 8. The van der Waals surface area contributed by atoms with E-state index in [4.69, 9.17) is 14.2 Å². The highest BCUT2D eigenvalue weighted by atomic mass is 19.1. The van der Waals surface area contributed by atoms with E-state index in [1.165, 1.54) is 10.6 Å². The molecule has 2 bridgehead atoms. The Morgan fingerprint density at radius 1 is 1.19 bits per heavy atom. The Kier molecular flexibility index (Phi) is 4.96. The first-order chi connectivity index (χ1) is 17.8. The molecule has 9 nitrogen and oxygen atoms in total. The van der Waals surface area contributed by atoms with Crippen molar-refractivity contribution in [3.63, 3.8) is 0 Å². The van der Waals surface area contributed by atoms with Crippen LogP contribution >= 0.6 is 0 Å². The molecule has 2 atom stereocenters. The Morgan fingerprint density at radius 3 is 2.81 bits per heavy atom. The summed E-state index contributed by atoms with van der Waals surface area (Å²) >= 11 is 0. The van der Waals surface area contributed by atoms with Crippen molar-refractivity contribution in [2.75, 3.05) is 13.2 Å². The molecule has 2 N–H and O–H groups in total. The van der Waals surface area contributed by atoms with Crippen LogP contribution in [0.3, 0.4) is 0 Å². The summed E-state index contributed by atoms with van der Waals surface area (Å²) < 4.78 is 34.4. The second-order valence-corrected chi connectivity index (χ2v) is 11.1. The molecule has 10 heteroatoms. The molecule has 3 aromatic heterocycles. The van der Waals surface area contributed by atoms with Gasteiger partial charge in [0.15, 0.2) is 11.5 Å². The van der Waals surface area contributed by atoms with Gasteiger partial charge in [0.05, 0.1) is 47.9 Å². The normalized spacial score (nSPS) is 31.7. The summed E-state index contributed by atoms with van der Waals surface area (Å²) in [6, 6.07) is 4.91. The van der Waals surface area contributed by atoms with Crippen LogP contribution in [0.5, 0.6) is 11.5 Å². The predicted molar refractivity (Wildman–Crippen MR) is 131 cm³/mol. The van der Waals surface area contributed by atoms with Gasteiger partial charge in [-0.2, -0.15) is 0 Å². The number of halogens is 1. The van der Waals surface area contributed by atoms with Crippen molar-refractivity contribution in [2.24, 2.45) is 0 Å². The van der Waals surface area contributed by atoms with Crippen LogP contribution in [0.15, 0.2) is 35.4 Å². The molecule has 0 spiro atoms. The quantitative estimate of drug-likeness (QED) is 0.542. The van der Waals surface area contributed by atoms with Crippen LogP contribution < -0.4 is 20.3 Å².